The van der Waals surface area contributed by atoms with Gasteiger partial charge in [0.05, 0.1) is 12.7 Å². The molecule has 0 aliphatic carbocycles. The summed E-state index contributed by atoms with van der Waals surface area (Å²) in [4.78, 5) is 28.4. The zero-order valence-corrected chi connectivity index (χ0v) is 17.6. The third-order valence-electron chi connectivity index (χ3n) is 4.25. The summed E-state index contributed by atoms with van der Waals surface area (Å²) in [7, 11) is 1.38. The van der Waals surface area contributed by atoms with E-state index in [0.29, 0.717) is 31.7 Å². The van der Waals surface area contributed by atoms with Gasteiger partial charge in [0.15, 0.2) is 0 Å². The summed E-state index contributed by atoms with van der Waals surface area (Å²) in [5.74, 6) is -0.346. The van der Waals surface area contributed by atoms with Gasteiger partial charge in [0.1, 0.15) is 5.60 Å². The first-order valence-corrected chi connectivity index (χ1v) is 9.49. The van der Waals surface area contributed by atoms with Crippen LogP contribution in [0.3, 0.4) is 0 Å². The van der Waals surface area contributed by atoms with E-state index in [0.717, 1.165) is 10.0 Å². The molecule has 26 heavy (non-hydrogen) atoms. The number of amides is 1. The molecule has 1 aliphatic heterocycles. The fraction of sp³-hybridized carbons (Fsp3) is 0.579. The van der Waals surface area contributed by atoms with Gasteiger partial charge in [-0.15, -0.1) is 0 Å². The van der Waals surface area contributed by atoms with E-state index in [4.69, 9.17) is 9.47 Å². The molecule has 2 rings (SSSR count). The lowest BCUT2D eigenvalue weighted by atomic mass is 10.1. The van der Waals surface area contributed by atoms with Crippen molar-refractivity contribution < 1.29 is 19.1 Å². The third-order valence-corrected chi connectivity index (χ3v) is 4.99. The van der Waals surface area contributed by atoms with Gasteiger partial charge in [-0.2, -0.15) is 0 Å². The van der Waals surface area contributed by atoms with Crippen molar-refractivity contribution in [1.82, 2.24) is 9.80 Å². The highest BCUT2D eigenvalue weighted by atomic mass is 79.9. The Morgan fingerprint density at radius 1 is 1.27 bits per heavy atom. The monoisotopic (exact) mass is 426 g/mol. The molecule has 144 valence electrons. The van der Waals surface area contributed by atoms with Gasteiger partial charge in [-0.1, -0.05) is 22.0 Å². The highest BCUT2D eigenvalue weighted by Crippen LogP contribution is 2.25. The predicted molar refractivity (Wildman–Crippen MR) is 103 cm³/mol. The number of methoxy groups -OCH3 is 1. The molecular formula is C19H27BrN2O4. The number of ether oxygens (including phenoxy) is 2. The third kappa shape index (κ3) is 5.20. The summed E-state index contributed by atoms with van der Waals surface area (Å²) in [6.45, 7) is 10.2. The van der Waals surface area contributed by atoms with Crippen molar-refractivity contribution in [3.63, 3.8) is 0 Å². The standard InChI is InChI=1S/C19H27BrN2O4/c1-13-11-21(9-10-22(13)18(24)26-19(2,3)4)12-15-14(17(23)25-5)7-6-8-16(15)20/h6-8,13H,9-12H2,1-5H3/t13-/m0/s1. The maximum atomic E-state index is 12.3. The molecule has 0 bridgehead atoms. The molecule has 1 saturated heterocycles. The van der Waals surface area contributed by atoms with E-state index in [1.165, 1.54) is 7.11 Å². The fourth-order valence-corrected chi connectivity index (χ4v) is 3.50. The second-order valence-corrected chi connectivity index (χ2v) is 8.37. The SMILES string of the molecule is COC(=O)c1cccc(Br)c1CN1CCN(C(=O)OC(C)(C)C)[C@@H](C)C1. The molecule has 0 saturated carbocycles. The predicted octanol–water partition coefficient (Wildman–Crippen LogP) is 3.68. The van der Waals surface area contributed by atoms with Crippen LogP contribution >= 0.6 is 15.9 Å². The van der Waals surface area contributed by atoms with Gasteiger partial charge < -0.3 is 14.4 Å². The normalized spacial score (nSPS) is 18.5. The number of hydrogen-bond donors (Lipinski definition) is 0. The van der Waals surface area contributed by atoms with Crippen LogP contribution in [-0.2, 0) is 16.0 Å². The maximum Gasteiger partial charge on any atom is 0.410 e. The van der Waals surface area contributed by atoms with Crippen molar-refractivity contribution in [1.29, 1.82) is 0 Å². The van der Waals surface area contributed by atoms with Crippen molar-refractivity contribution in [3.8, 4) is 0 Å². The molecule has 1 heterocycles. The van der Waals surface area contributed by atoms with E-state index < -0.39 is 5.60 Å². The van der Waals surface area contributed by atoms with E-state index in [9.17, 15) is 9.59 Å². The number of benzene rings is 1. The molecular weight excluding hydrogens is 400 g/mol. The molecule has 0 N–H and O–H groups in total. The Morgan fingerprint density at radius 3 is 2.54 bits per heavy atom. The van der Waals surface area contributed by atoms with Crippen molar-refractivity contribution in [2.75, 3.05) is 26.7 Å². The molecule has 1 aromatic rings. The summed E-state index contributed by atoms with van der Waals surface area (Å²) in [5.41, 5.74) is 0.958. The van der Waals surface area contributed by atoms with Gasteiger partial charge in [-0.05, 0) is 45.4 Å². The van der Waals surface area contributed by atoms with E-state index in [1.807, 2.05) is 39.8 Å². The van der Waals surface area contributed by atoms with Gasteiger partial charge >= 0.3 is 12.1 Å². The highest BCUT2D eigenvalue weighted by Gasteiger charge is 2.31. The zero-order chi connectivity index (χ0) is 19.5. The van der Waals surface area contributed by atoms with Crippen LogP contribution in [0.5, 0.6) is 0 Å². The van der Waals surface area contributed by atoms with E-state index in [2.05, 4.69) is 20.8 Å². The smallest absolute Gasteiger partial charge is 0.410 e. The second-order valence-electron chi connectivity index (χ2n) is 7.52. The summed E-state index contributed by atoms with van der Waals surface area (Å²) in [6, 6.07) is 5.54. The molecule has 1 amide bonds. The zero-order valence-electron chi connectivity index (χ0n) is 16.0. The van der Waals surface area contributed by atoms with Crippen LogP contribution in [0.2, 0.25) is 0 Å². The Balaban J connectivity index is 2.07. The Bertz CT molecular complexity index is 672. The Kier molecular flexibility index (Phi) is 6.69. The van der Waals surface area contributed by atoms with Crippen molar-refractivity contribution in [2.45, 2.75) is 45.9 Å². The number of hydrogen-bond acceptors (Lipinski definition) is 5. The molecule has 0 aromatic heterocycles. The lowest BCUT2D eigenvalue weighted by Crippen LogP contribution is -2.54. The fourth-order valence-electron chi connectivity index (χ4n) is 3.01. The van der Waals surface area contributed by atoms with E-state index in [-0.39, 0.29) is 18.1 Å². The molecule has 0 spiro atoms. The molecule has 0 radical (unpaired) electrons. The maximum absolute atomic E-state index is 12.3. The molecule has 1 fully saturated rings. The lowest BCUT2D eigenvalue weighted by Gasteiger charge is -2.40. The van der Waals surface area contributed by atoms with E-state index >= 15 is 0 Å². The minimum atomic E-state index is -0.502. The average Bonchev–Trinajstić information content (AvgIpc) is 2.54. The van der Waals surface area contributed by atoms with Crippen LogP contribution in [0.15, 0.2) is 22.7 Å². The summed E-state index contributed by atoms with van der Waals surface area (Å²) in [6.07, 6.45) is -0.277. The summed E-state index contributed by atoms with van der Waals surface area (Å²) in [5, 5.41) is 0. The second kappa shape index (κ2) is 8.39. The molecule has 1 aliphatic rings. The van der Waals surface area contributed by atoms with Crippen LogP contribution in [0.25, 0.3) is 0 Å². The van der Waals surface area contributed by atoms with Crippen LogP contribution in [0.4, 0.5) is 4.79 Å². The first-order valence-electron chi connectivity index (χ1n) is 8.70. The van der Waals surface area contributed by atoms with Gasteiger partial charge in [0.2, 0.25) is 0 Å². The van der Waals surface area contributed by atoms with E-state index in [1.54, 1.807) is 11.0 Å². The van der Waals surface area contributed by atoms with Crippen LogP contribution in [0.1, 0.15) is 43.6 Å². The minimum absolute atomic E-state index is 0.0302. The lowest BCUT2D eigenvalue weighted by molar-refractivity contribution is 0.000525. The van der Waals surface area contributed by atoms with Crippen LogP contribution < -0.4 is 0 Å². The van der Waals surface area contributed by atoms with Crippen LogP contribution in [-0.4, -0.2) is 60.2 Å². The molecule has 6 nitrogen and oxygen atoms in total. The molecule has 7 heteroatoms. The van der Waals surface area contributed by atoms with Gasteiger partial charge in [-0.3, -0.25) is 4.90 Å². The first-order chi connectivity index (χ1) is 12.1. The van der Waals surface area contributed by atoms with Crippen LogP contribution in [0, 0.1) is 0 Å². The topological polar surface area (TPSA) is 59.1 Å². The van der Waals surface area contributed by atoms with Crippen molar-refractivity contribution in [3.05, 3.63) is 33.8 Å². The Hall–Kier alpha value is -1.60. The number of carbonyl (C=O) groups excluding carboxylic acids is 2. The number of carbonyl (C=O) groups is 2. The van der Waals surface area contributed by atoms with Crippen molar-refractivity contribution >= 4 is 28.0 Å². The Morgan fingerprint density at radius 2 is 1.96 bits per heavy atom. The number of piperazine rings is 1. The summed E-state index contributed by atoms with van der Waals surface area (Å²) < 4.78 is 11.3. The quantitative estimate of drug-likeness (QED) is 0.689. The molecule has 0 unspecified atom stereocenters. The number of halogens is 1. The first kappa shape index (κ1) is 20.7. The Labute approximate surface area is 163 Å². The molecule has 1 atom stereocenters. The number of rotatable bonds is 3. The average molecular weight is 427 g/mol. The van der Waals surface area contributed by atoms with Gasteiger partial charge in [0, 0.05) is 36.7 Å². The minimum Gasteiger partial charge on any atom is -0.465 e. The highest BCUT2D eigenvalue weighted by molar-refractivity contribution is 9.10. The van der Waals surface area contributed by atoms with Crippen molar-refractivity contribution in [2.24, 2.45) is 0 Å². The summed E-state index contributed by atoms with van der Waals surface area (Å²) >= 11 is 3.54. The van der Waals surface area contributed by atoms with Gasteiger partial charge in [0.25, 0.3) is 0 Å². The largest absolute Gasteiger partial charge is 0.465 e. The number of nitrogens with zero attached hydrogens (tertiary/aromatic N) is 2. The molecule has 1 aromatic carbocycles. The van der Waals surface area contributed by atoms with Gasteiger partial charge in [-0.25, -0.2) is 9.59 Å². The number of esters is 1.